The van der Waals surface area contributed by atoms with Gasteiger partial charge < -0.3 is 14.4 Å². The number of carbonyl (C=O) groups excluding carboxylic acids is 1. The van der Waals surface area contributed by atoms with Crippen LogP contribution in [0.15, 0.2) is 53.4 Å². The summed E-state index contributed by atoms with van der Waals surface area (Å²) >= 11 is 1.60. The molecule has 1 fully saturated rings. The molecule has 0 aliphatic carbocycles. The van der Waals surface area contributed by atoms with Crippen LogP contribution in [0.4, 0.5) is 0 Å². The monoisotopic (exact) mass is 355 g/mol. The summed E-state index contributed by atoms with van der Waals surface area (Å²) in [7, 11) is 0. The first kappa shape index (κ1) is 16.3. The lowest BCUT2D eigenvalue weighted by atomic mass is 10.0. The first-order valence-electron chi connectivity index (χ1n) is 8.68. The Morgan fingerprint density at radius 2 is 1.88 bits per heavy atom. The van der Waals surface area contributed by atoms with Crippen molar-refractivity contribution in [2.75, 3.05) is 25.5 Å². The van der Waals surface area contributed by atoms with Gasteiger partial charge in [0.25, 0.3) is 0 Å². The van der Waals surface area contributed by atoms with E-state index in [1.54, 1.807) is 11.8 Å². The van der Waals surface area contributed by atoms with E-state index < -0.39 is 0 Å². The highest BCUT2D eigenvalue weighted by Gasteiger charge is 2.30. The average Bonchev–Trinajstić information content (AvgIpc) is 3.16. The van der Waals surface area contributed by atoms with Crippen molar-refractivity contribution in [1.82, 2.24) is 4.90 Å². The molecule has 2 aromatic carbocycles. The number of likely N-dealkylation sites (tertiary alicyclic amines) is 1. The molecular weight excluding hydrogens is 334 g/mol. The van der Waals surface area contributed by atoms with Gasteiger partial charge in [-0.25, -0.2) is 0 Å². The van der Waals surface area contributed by atoms with Crippen molar-refractivity contribution < 1.29 is 14.3 Å². The molecular formula is C20H21NO3S. The van der Waals surface area contributed by atoms with E-state index in [0.29, 0.717) is 19.0 Å². The minimum Gasteiger partial charge on any atom is -0.486 e. The van der Waals surface area contributed by atoms with E-state index in [9.17, 15) is 4.79 Å². The van der Waals surface area contributed by atoms with Gasteiger partial charge in [-0.05, 0) is 42.7 Å². The molecule has 4 nitrogen and oxygen atoms in total. The van der Waals surface area contributed by atoms with E-state index in [1.807, 2.05) is 47.4 Å². The van der Waals surface area contributed by atoms with Crippen LogP contribution in [0, 0.1) is 0 Å². The predicted molar refractivity (Wildman–Crippen MR) is 98.3 cm³/mol. The third-order valence-corrected chi connectivity index (χ3v) is 5.63. The molecule has 2 heterocycles. The van der Waals surface area contributed by atoms with Gasteiger partial charge in [0.15, 0.2) is 11.5 Å². The second-order valence-corrected chi connectivity index (χ2v) is 7.30. The Bertz CT molecular complexity index is 750. The second kappa shape index (κ2) is 7.40. The van der Waals surface area contributed by atoms with Crippen molar-refractivity contribution in [3.05, 3.63) is 54.1 Å². The molecule has 2 aliphatic heterocycles. The van der Waals surface area contributed by atoms with Gasteiger partial charge in [0.05, 0.1) is 11.8 Å². The van der Waals surface area contributed by atoms with Crippen LogP contribution in [0.25, 0.3) is 0 Å². The molecule has 0 bridgehead atoms. The van der Waals surface area contributed by atoms with Crippen molar-refractivity contribution in [1.29, 1.82) is 0 Å². The maximum absolute atomic E-state index is 12.7. The summed E-state index contributed by atoms with van der Waals surface area (Å²) in [5.41, 5.74) is 1.14. The van der Waals surface area contributed by atoms with Gasteiger partial charge in [0, 0.05) is 11.4 Å². The lowest BCUT2D eigenvalue weighted by Crippen LogP contribution is -2.32. The predicted octanol–water partition coefficient (Wildman–Crippen LogP) is 3.91. The largest absolute Gasteiger partial charge is 0.486 e. The third kappa shape index (κ3) is 3.61. The minimum absolute atomic E-state index is 0.139. The molecule has 2 aromatic rings. The highest BCUT2D eigenvalue weighted by atomic mass is 32.2. The molecule has 4 rings (SSSR count). The van der Waals surface area contributed by atoms with Crippen molar-refractivity contribution in [3.63, 3.8) is 0 Å². The maximum atomic E-state index is 12.7. The number of hydrogen-bond acceptors (Lipinski definition) is 4. The Kier molecular flexibility index (Phi) is 4.83. The Hall–Kier alpha value is -2.14. The van der Waals surface area contributed by atoms with Crippen LogP contribution < -0.4 is 9.47 Å². The zero-order chi connectivity index (χ0) is 17.1. The van der Waals surface area contributed by atoms with Gasteiger partial charge in [-0.15, -0.1) is 11.8 Å². The van der Waals surface area contributed by atoms with Gasteiger partial charge in [-0.2, -0.15) is 0 Å². The van der Waals surface area contributed by atoms with Crippen LogP contribution in [0.2, 0.25) is 0 Å². The highest BCUT2D eigenvalue weighted by Crippen LogP contribution is 2.38. The smallest absolute Gasteiger partial charge is 0.233 e. The number of fused-ring (bicyclic) bond motifs is 1. The zero-order valence-electron chi connectivity index (χ0n) is 14.0. The molecule has 1 amide bonds. The van der Waals surface area contributed by atoms with E-state index in [4.69, 9.17) is 9.47 Å². The van der Waals surface area contributed by atoms with E-state index >= 15 is 0 Å². The van der Waals surface area contributed by atoms with Gasteiger partial charge in [0.2, 0.25) is 5.91 Å². The Labute approximate surface area is 152 Å². The number of nitrogens with zero attached hydrogens (tertiary/aromatic N) is 1. The van der Waals surface area contributed by atoms with E-state index in [1.165, 1.54) is 0 Å². The summed E-state index contributed by atoms with van der Waals surface area (Å²) in [5.74, 6) is 2.27. The van der Waals surface area contributed by atoms with Crippen LogP contribution in [0.5, 0.6) is 11.5 Å². The minimum atomic E-state index is 0.139. The number of thioether (sulfide) groups is 1. The Balaban J connectivity index is 1.45. The van der Waals surface area contributed by atoms with Gasteiger partial charge in [-0.1, -0.05) is 24.3 Å². The molecule has 1 atom stereocenters. The zero-order valence-corrected chi connectivity index (χ0v) is 14.8. The molecule has 0 radical (unpaired) electrons. The summed E-state index contributed by atoms with van der Waals surface area (Å²) in [5, 5.41) is 0. The first-order valence-corrected chi connectivity index (χ1v) is 9.67. The fourth-order valence-corrected chi connectivity index (χ4v) is 4.23. The number of carbonyl (C=O) groups is 1. The number of amides is 1. The molecule has 2 aliphatic rings. The molecule has 0 unspecified atom stereocenters. The molecule has 5 heteroatoms. The number of ether oxygens (including phenoxy) is 2. The third-order valence-electron chi connectivity index (χ3n) is 4.63. The molecule has 0 saturated carbocycles. The van der Waals surface area contributed by atoms with E-state index in [-0.39, 0.29) is 11.9 Å². The summed E-state index contributed by atoms with van der Waals surface area (Å²) in [6.07, 6.45) is 2.04. The molecule has 25 heavy (non-hydrogen) atoms. The van der Waals surface area contributed by atoms with Crippen LogP contribution >= 0.6 is 11.8 Å². The fourth-order valence-electron chi connectivity index (χ4n) is 3.42. The van der Waals surface area contributed by atoms with Crippen LogP contribution in [-0.4, -0.2) is 36.3 Å². The van der Waals surface area contributed by atoms with Crippen molar-refractivity contribution in [3.8, 4) is 11.5 Å². The van der Waals surface area contributed by atoms with Crippen LogP contribution in [0.1, 0.15) is 24.4 Å². The van der Waals surface area contributed by atoms with Crippen molar-refractivity contribution >= 4 is 17.7 Å². The van der Waals surface area contributed by atoms with E-state index in [0.717, 1.165) is 41.3 Å². The van der Waals surface area contributed by atoms with Gasteiger partial charge >= 0.3 is 0 Å². The summed E-state index contributed by atoms with van der Waals surface area (Å²) in [4.78, 5) is 15.9. The van der Waals surface area contributed by atoms with Gasteiger partial charge in [0.1, 0.15) is 13.2 Å². The van der Waals surface area contributed by atoms with Crippen molar-refractivity contribution in [2.45, 2.75) is 23.8 Å². The Morgan fingerprint density at radius 3 is 2.72 bits per heavy atom. The molecule has 0 N–H and O–H groups in total. The van der Waals surface area contributed by atoms with Gasteiger partial charge in [-0.3, -0.25) is 4.79 Å². The standard InChI is InChI=1S/C20H21NO3S/c22-20(14-25-16-5-2-1-3-6-16)21-10-4-7-17(21)15-8-9-18-19(13-15)24-12-11-23-18/h1-3,5-6,8-9,13,17H,4,7,10-12,14H2/t17-/m0/s1. The summed E-state index contributed by atoms with van der Waals surface area (Å²) in [6.45, 7) is 2.00. The average molecular weight is 355 g/mol. The summed E-state index contributed by atoms with van der Waals surface area (Å²) in [6, 6.07) is 16.3. The number of rotatable bonds is 4. The fraction of sp³-hybridized carbons (Fsp3) is 0.350. The van der Waals surface area contributed by atoms with Crippen LogP contribution in [0.3, 0.4) is 0 Å². The number of hydrogen-bond donors (Lipinski definition) is 0. The van der Waals surface area contributed by atoms with E-state index in [2.05, 4.69) is 6.07 Å². The SMILES string of the molecule is O=C(CSc1ccccc1)N1CCC[C@H]1c1ccc2c(c1)OCCO2. The second-order valence-electron chi connectivity index (χ2n) is 6.25. The number of benzene rings is 2. The normalized spacial score (nSPS) is 19.0. The lowest BCUT2D eigenvalue weighted by molar-refractivity contribution is -0.129. The maximum Gasteiger partial charge on any atom is 0.233 e. The van der Waals surface area contributed by atoms with Crippen LogP contribution in [-0.2, 0) is 4.79 Å². The Morgan fingerprint density at radius 1 is 1.08 bits per heavy atom. The topological polar surface area (TPSA) is 38.8 Å². The molecule has 0 aromatic heterocycles. The molecule has 0 spiro atoms. The highest BCUT2D eigenvalue weighted by molar-refractivity contribution is 8.00. The summed E-state index contributed by atoms with van der Waals surface area (Å²) < 4.78 is 11.3. The molecule has 1 saturated heterocycles. The van der Waals surface area contributed by atoms with Crippen molar-refractivity contribution in [2.24, 2.45) is 0 Å². The molecule has 130 valence electrons. The first-order chi connectivity index (χ1) is 12.3. The quantitative estimate of drug-likeness (QED) is 0.780. The lowest BCUT2D eigenvalue weighted by Gasteiger charge is -2.26.